The first-order valence-electron chi connectivity index (χ1n) is 9.19. The molecule has 8 heteroatoms. The van der Waals surface area contributed by atoms with E-state index in [0.717, 1.165) is 4.47 Å². The summed E-state index contributed by atoms with van der Waals surface area (Å²) in [6, 6.07) is 11.4. The van der Waals surface area contributed by atoms with Crippen molar-refractivity contribution in [3.63, 3.8) is 0 Å². The summed E-state index contributed by atoms with van der Waals surface area (Å²) in [5.74, 6) is -1.11. The Labute approximate surface area is 182 Å². The van der Waals surface area contributed by atoms with Crippen molar-refractivity contribution in [2.24, 2.45) is 0 Å². The lowest BCUT2D eigenvalue weighted by atomic mass is 10.1. The lowest BCUT2D eigenvalue weighted by Crippen LogP contribution is -2.30. The fraction of sp³-hybridized carbons (Fsp3) is 0.273. The van der Waals surface area contributed by atoms with Gasteiger partial charge >= 0.3 is 5.97 Å². The number of rotatable bonds is 9. The second-order valence-electron chi connectivity index (χ2n) is 6.52. The van der Waals surface area contributed by atoms with Gasteiger partial charge in [0.05, 0.1) is 19.1 Å². The Morgan fingerprint density at radius 2 is 1.70 bits per heavy atom. The van der Waals surface area contributed by atoms with E-state index in [1.54, 1.807) is 42.5 Å². The van der Waals surface area contributed by atoms with Gasteiger partial charge in [0.25, 0.3) is 5.91 Å². The summed E-state index contributed by atoms with van der Waals surface area (Å²) in [4.78, 5) is 47.9. The van der Waals surface area contributed by atoms with Crippen LogP contribution in [0.15, 0.2) is 46.9 Å². The van der Waals surface area contributed by atoms with E-state index >= 15 is 0 Å². The Hall–Kier alpha value is -3.00. The van der Waals surface area contributed by atoms with Crippen LogP contribution >= 0.6 is 15.9 Å². The molecule has 0 saturated heterocycles. The van der Waals surface area contributed by atoms with Crippen LogP contribution in [0.3, 0.4) is 0 Å². The van der Waals surface area contributed by atoms with E-state index in [4.69, 9.17) is 9.47 Å². The smallest absolute Gasteiger partial charge is 0.307 e. The van der Waals surface area contributed by atoms with E-state index in [2.05, 4.69) is 21.2 Å². The highest BCUT2D eigenvalue weighted by Gasteiger charge is 2.20. The fourth-order valence-electron chi connectivity index (χ4n) is 2.59. The summed E-state index contributed by atoms with van der Waals surface area (Å²) in [6.45, 7) is 2.89. The molecule has 0 aliphatic rings. The molecule has 0 fully saturated rings. The number of hydrogen-bond donors (Lipinski definition) is 1. The molecule has 0 saturated carbocycles. The normalized spacial score (nSPS) is 11.3. The van der Waals surface area contributed by atoms with Gasteiger partial charge in [-0.05, 0) is 56.3 Å². The van der Waals surface area contributed by atoms with Crippen LogP contribution in [0.5, 0.6) is 5.75 Å². The topological polar surface area (TPSA) is 98.8 Å². The van der Waals surface area contributed by atoms with Gasteiger partial charge in [0, 0.05) is 22.1 Å². The zero-order valence-corrected chi connectivity index (χ0v) is 18.4. The van der Waals surface area contributed by atoms with Gasteiger partial charge in [-0.25, -0.2) is 0 Å². The minimum Gasteiger partial charge on any atom is -0.496 e. The number of carbonyl (C=O) groups excluding carboxylic acids is 4. The number of esters is 1. The summed E-state index contributed by atoms with van der Waals surface area (Å²) in [5, 5.41) is 2.61. The Balaban J connectivity index is 1.86. The highest BCUT2D eigenvalue weighted by molar-refractivity contribution is 9.10. The molecule has 30 heavy (non-hydrogen) atoms. The van der Waals surface area contributed by atoms with Gasteiger partial charge in [-0.2, -0.15) is 0 Å². The molecule has 0 radical (unpaired) electrons. The van der Waals surface area contributed by atoms with Crippen molar-refractivity contribution >= 4 is 45.1 Å². The zero-order chi connectivity index (χ0) is 22.3. The van der Waals surface area contributed by atoms with Crippen LogP contribution in [0, 0.1) is 0 Å². The standard InChI is InChI=1S/C22H22BrNO6/c1-13(25)15-4-7-17(8-5-15)24-22(28)14(2)30-21(27)11-9-19(26)18-12-16(23)6-10-20(18)29-3/h4-8,10,12,14H,9,11H2,1-3H3,(H,24,28). The third kappa shape index (κ3) is 6.52. The van der Waals surface area contributed by atoms with Crippen molar-refractivity contribution in [1.82, 2.24) is 0 Å². The van der Waals surface area contributed by atoms with Crippen LogP contribution in [0.25, 0.3) is 0 Å². The van der Waals surface area contributed by atoms with Crippen molar-refractivity contribution in [3.8, 4) is 5.75 Å². The third-order valence-corrected chi connectivity index (χ3v) is 4.75. The highest BCUT2D eigenvalue weighted by Crippen LogP contribution is 2.24. The summed E-state index contributed by atoms with van der Waals surface area (Å²) in [5.41, 5.74) is 1.36. The fourth-order valence-corrected chi connectivity index (χ4v) is 2.95. The van der Waals surface area contributed by atoms with Gasteiger partial charge in [-0.15, -0.1) is 0 Å². The Morgan fingerprint density at radius 1 is 1.03 bits per heavy atom. The van der Waals surface area contributed by atoms with Gasteiger partial charge in [-0.3, -0.25) is 19.2 Å². The van der Waals surface area contributed by atoms with Crippen molar-refractivity contribution in [1.29, 1.82) is 0 Å². The van der Waals surface area contributed by atoms with Gasteiger partial charge in [0.2, 0.25) is 0 Å². The third-order valence-electron chi connectivity index (χ3n) is 4.25. The summed E-state index contributed by atoms with van der Waals surface area (Å²) >= 11 is 3.30. The quantitative estimate of drug-likeness (QED) is 0.431. The minimum absolute atomic E-state index is 0.0769. The maximum atomic E-state index is 12.4. The van der Waals surface area contributed by atoms with Crippen LogP contribution in [-0.4, -0.2) is 36.7 Å². The lowest BCUT2D eigenvalue weighted by Gasteiger charge is -2.14. The average Bonchev–Trinajstić information content (AvgIpc) is 2.72. The number of amides is 1. The molecule has 0 aliphatic carbocycles. The van der Waals surface area contributed by atoms with Crippen LogP contribution < -0.4 is 10.1 Å². The molecule has 0 bridgehead atoms. The van der Waals surface area contributed by atoms with Gasteiger partial charge in [0.1, 0.15) is 5.75 Å². The van der Waals surface area contributed by atoms with Crippen molar-refractivity contribution < 1.29 is 28.7 Å². The molecule has 158 valence electrons. The highest BCUT2D eigenvalue weighted by atomic mass is 79.9. The lowest BCUT2D eigenvalue weighted by molar-refractivity contribution is -0.153. The minimum atomic E-state index is -1.04. The molecule has 7 nitrogen and oxygen atoms in total. The van der Waals surface area contributed by atoms with E-state index in [0.29, 0.717) is 22.6 Å². The van der Waals surface area contributed by atoms with E-state index in [-0.39, 0.29) is 24.4 Å². The first-order chi connectivity index (χ1) is 14.2. The molecule has 1 atom stereocenters. The molecule has 2 rings (SSSR count). The van der Waals surface area contributed by atoms with Crippen molar-refractivity contribution in [3.05, 3.63) is 58.1 Å². The molecule has 0 aliphatic heterocycles. The molecule has 2 aromatic carbocycles. The average molecular weight is 476 g/mol. The maximum Gasteiger partial charge on any atom is 0.307 e. The number of carbonyl (C=O) groups is 4. The number of nitrogens with one attached hydrogen (secondary N) is 1. The van der Waals surface area contributed by atoms with Crippen LogP contribution in [0.2, 0.25) is 0 Å². The molecular formula is C22H22BrNO6. The molecule has 2 aromatic rings. The van der Waals surface area contributed by atoms with E-state index in [1.165, 1.54) is 21.0 Å². The molecule has 1 amide bonds. The predicted octanol–water partition coefficient (Wildman–Crippen LogP) is 4.19. The van der Waals surface area contributed by atoms with Crippen LogP contribution in [0.1, 0.15) is 47.4 Å². The first kappa shape index (κ1) is 23.3. The predicted molar refractivity (Wildman–Crippen MR) is 115 cm³/mol. The number of anilines is 1. The molecule has 0 aromatic heterocycles. The van der Waals surface area contributed by atoms with E-state index < -0.39 is 18.0 Å². The molecule has 0 heterocycles. The number of benzene rings is 2. The Morgan fingerprint density at radius 3 is 2.30 bits per heavy atom. The van der Waals surface area contributed by atoms with Crippen molar-refractivity contribution in [2.45, 2.75) is 32.8 Å². The molecule has 0 spiro atoms. The number of ketones is 2. The van der Waals surface area contributed by atoms with E-state index in [1.807, 2.05) is 0 Å². The van der Waals surface area contributed by atoms with Crippen LogP contribution in [-0.2, 0) is 14.3 Å². The number of ether oxygens (including phenoxy) is 2. The number of halogens is 1. The number of Topliss-reactive ketones (excluding diaryl/α,β-unsaturated/α-hetero) is 2. The first-order valence-corrected chi connectivity index (χ1v) is 9.98. The monoisotopic (exact) mass is 475 g/mol. The Kier molecular flexibility index (Phi) is 8.29. The van der Waals surface area contributed by atoms with Gasteiger partial charge in [-0.1, -0.05) is 15.9 Å². The number of methoxy groups -OCH3 is 1. The van der Waals surface area contributed by atoms with E-state index in [9.17, 15) is 19.2 Å². The van der Waals surface area contributed by atoms with Crippen molar-refractivity contribution in [2.75, 3.05) is 12.4 Å². The SMILES string of the molecule is COc1ccc(Br)cc1C(=O)CCC(=O)OC(C)C(=O)Nc1ccc(C(C)=O)cc1. The Bertz CT molecular complexity index is 955. The second-order valence-corrected chi connectivity index (χ2v) is 7.44. The zero-order valence-electron chi connectivity index (χ0n) is 16.9. The van der Waals surface area contributed by atoms with Crippen LogP contribution in [0.4, 0.5) is 5.69 Å². The van der Waals surface area contributed by atoms with Gasteiger partial charge in [0.15, 0.2) is 17.7 Å². The molecule has 1 unspecified atom stereocenters. The number of hydrogen-bond acceptors (Lipinski definition) is 6. The summed E-state index contributed by atoms with van der Waals surface area (Å²) in [7, 11) is 1.46. The maximum absolute atomic E-state index is 12.4. The molecule has 1 N–H and O–H groups in total. The summed E-state index contributed by atoms with van der Waals surface area (Å²) in [6.07, 6.45) is -1.29. The van der Waals surface area contributed by atoms with Gasteiger partial charge < -0.3 is 14.8 Å². The molecular weight excluding hydrogens is 454 g/mol. The summed E-state index contributed by atoms with van der Waals surface area (Å²) < 4.78 is 11.0. The second kappa shape index (κ2) is 10.7. The largest absolute Gasteiger partial charge is 0.496 e.